The Bertz CT molecular complexity index is 576. The van der Waals surface area contributed by atoms with Gasteiger partial charge in [-0.3, -0.25) is 0 Å². The summed E-state index contributed by atoms with van der Waals surface area (Å²) < 4.78 is 3.02. The van der Waals surface area contributed by atoms with Crippen LogP contribution in [0.3, 0.4) is 0 Å². The molecule has 1 atom stereocenters. The molecule has 2 heterocycles. The number of aromatic nitrogens is 2. The van der Waals surface area contributed by atoms with Crippen LogP contribution in [0.5, 0.6) is 0 Å². The van der Waals surface area contributed by atoms with E-state index in [2.05, 4.69) is 30.8 Å². The van der Waals surface area contributed by atoms with Crippen LogP contribution in [0.25, 0.3) is 5.69 Å². The summed E-state index contributed by atoms with van der Waals surface area (Å²) in [6.07, 6.45) is 7.48. The second-order valence-corrected chi connectivity index (χ2v) is 6.05. The van der Waals surface area contributed by atoms with Gasteiger partial charge in [0.1, 0.15) is 0 Å². The zero-order valence-corrected chi connectivity index (χ0v) is 12.8. The molecule has 1 saturated heterocycles. The fraction of sp³-hybridized carbons (Fsp3) is 0.357. The molecule has 3 rings (SSSR count). The molecule has 0 saturated carbocycles. The average Bonchev–Trinajstić information content (AvgIpc) is 2.92. The predicted molar refractivity (Wildman–Crippen MR) is 80.9 cm³/mol. The van der Waals surface area contributed by atoms with E-state index < -0.39 is 0 Å². The Morgan fingerprint density at radius 3 is 3.00 bits per heavy atom. The first-order valence-electron chi connectivity index (χ1n) is 6.47. The molecule has 100 valence electrons. The highest BCUT2D eigenvalue weighted by atomic mass is 79.9. The van der Waals surface area contributed by atoms with Crippen LogP contribution in [0.4, 0.5) is 0 Å². The molecule has 0 amide bonds. The van der Waals surface area contributed by atoms with E-state index in [9.17, 15) is 0 Å². The second-order valence-electron chi connectivity index (χ2n) is 4.79. The van der Waals surface area contributed by atoms with Crippen LogP contribution in [0.15, 0.2) is 35.2 Å². The van der Waals surface area contributed by atoms with Crippen molar-refractivity contribution in [3.05, 3.63) is 45.9 Å². The fourth-order valence-electron chi connectivity index (χ4n) is 2.52. The molecule has 5 heteroatoms. The molecule has 3 nitrogen and oxygen atoms in total. The molecule has 0 radical (unpaired) electrons. The number of imidazole rings is 1. The summed E-state index contributed by atoms with van der Waals surface area (Å²) in [6.45, 7) is 1.08. The highest BCUT2D eigenvalue weighted by molar-refractivity contribution is 9.10. The van der Waals surface area contributed by atoms with Gasteiger partial charge in [0.25, 0.3) is 0 Å². The molecule has 1 aromatic heterocycles. The Hall–Kier alpha value is -0.840. The van der Waals surface area contributed by atoms with Gasteiger partial charge in [0, 0.05) is 16.2 Å². The predicted octanol–water partition coefficient (Wildman–Crippen LogP) is 4.10. The zero-order chi connectivity index (χ0) is 13.2. The molecule has 1 fully saturated rings. The molecule has 2 aromatic rings. The molecular weight excluding hydrogens is 326 g/mol. The molecule has 0 spiro atoms. The number of hydrogen-bond acceptors (Lipinski definition) is 2. The number of piperidine rings is 1. The van der Waals surface area contributed by atoms with Crippen molar-refractivity contribution in [1.29, 1.82) is 0 Å². The lowest BCUT2D eigenvalue weighted by molar-refractivity contribution is 0.402. The number of hydrogen-bond donors (Lipinski definition) is 1. The number of halogens is 2. The Labute approximate surface area is 126 Å². The lowest BCUT2D eigenvalue weighted by Crippen LogP contribution is -2.28. The second kappa shape index (κ2) is 5.65. The summed E-state index contributed by atoms with van der Waals surface area (Å²) >= 11 is 9.59. The van der Waals surface area contributed by atoms with E-state index >= 15 is 0 Å². The maximum absolute atomic E-state index is 6.17. The van der Waals surface area contributed by atoms with Crippen LogP contribution in [0.2, 0.25) is 5.02 Å². The van der Waals surface area contributed by atoms with Gasteiger partial charge in [-0.05, 0) is 53.5 Å². The number of rotatable bonds is 2. The van der Waals surface area contributed by atoms with Crippen molar-refractivity contribution in [3.63, 3.8) is 0 Å². The highest BCUT2D eigenvalue weighted by Crippen LogP contribution is 2.28. The lowest BCUT2D eigenvalue weighted by atomic mass is 10.0. The molecule has 1 N–H and O–H groups in total. The van der Waals surface area contributed by atoms with Crippen LogP contribution >= 0.6 is 27.5 Å². The van der Waals surface area contributed by atoms with Gasteiger partial charge in [-0.15, -0.1) is 0 Å². The first kappa shape index (κ1) is 13.2. The van der Waals surface area contributed by atoms with Crippen molar-refractivity contribution >= 4 is 27.5 Å². The Morgan fingerprint density at radius 1 is 1.37 bits per heavy atom. The standard InChI is InChI=1S/C14H15BrClN3/c15-11-5-4-10(7-12(11)16)19-9-17-8-14(19)13-3-1-2-6-18-13/h4-5,7-9,13,18H,1-3,6H2. The largest absolute Gasteiger partial charge is 0.309 e. The van der Waals surface area contributed by atoms with Crippen LogP contribution in [0.1, 0.15) is 31.0 Å². The summed E-state index contributed by atoms with van der Waals surface area (Å²) in [5.41, 5.74) is 2.26. The molecule has 1 aliphatic heterocycles. The van der Waals surface area contributed by atoms with E-state index in [0.717, 1.165) is 23.1 Å². The summed E-state index contributed by atoms with van der Waals surface area (Å²) in [5, 5.41) is 4.27. The third-order valence-electron chi connectivity index (χ3n) is 3.52. The molecule has 19 heavy (non-hydrogen) atoms. The summed E-state index contributed by atoms with van der Waals surface area (Å²) in [6, 6.07) is 6.36. The van der Waals surface area contributed by atoms with Crippen molar-refractivity contribution in [2.75, 3.05) is 6.54 Å². The van der Waals surface area contributed by atoms with E-state index in [-0.39, 0.29) is 0 Å². The smallest absolute Gasteiger partial charge is 0.0994 e. The monoisotopic (exact) mass is 339 g/mol. The van der Waals surface area contributed by atoms with E-state index in [0.29, 0.717) is 11.1 Å². The molecular formula is C14H15BrClN3. The Morgan fingerprint density at radius 2 is 2.26 bits per heavy atom. The zero-order valence-electron chi connectivity index (χ0n) is 10.4. The number of nitrogens with one attached hydrogen (secondary N) is 1. The number of benzene rings is 1. The van der Waals surface area contributed by atoms with E-state index in [4.69, 9.17) is 11.6 Å². The molecule has 1 unspecified atom stereocenters. The summed E-state index contributed by atoms with van der Waals surface area (Å²) in [5.74, 6) is 0. The molecule has 0 aliphatic carbocycles. The van der Waals surface area contributed by atoms with Gasteiger partial charge in [0.05, 0.1) is 23.2 Å². The van der Waals surface area contributed by atoms with Crippen LogP contribution in [-0.2, 0) is 0 Å². The maximum atomic E-state index is 6.17. The van der Waals surface area contributed by atoms with Crippen LogP contribution in [0, 0.1) is 0 Å². The maximum Gasteiger partial charge on any atom is 0.0994 e. The average molecular weight is 341 g/mol. The van der Waals surface area contributed by atoms with Crippen molar-refractivity contribution in [1.82, 2.24) is 14.9 Å². The van der Waals surface area contributed by atoms with E-state index in [1.165, 1.54) is 18.5 Å². The summed E-state index contributed by atoms with van der Waals surface area (Å²) in [7, 11) is 0. The first-order chi connectivity index (χ1) is 9.25. The number of nitrogens with zero attached hydrogens (tertiary/aromatic N) is 2. The third-order valence-corrected chi connectivity index (χ3v) is 4.75. The first-order valence-corrected chi connectivity index (χ1v) is 7.64. The van der Waals surface area contributed by atoms with Crippen molar-refractivity contribution in [2.24, 2.45) is 0 Å². The topological polar surface area (TPSA) is 29.9 Å². The van der Waals surface area contributed by atoms with E-state index in [1.54, 1.807) is 0 Å². The van der Waals surface area contributed by atoms with Gasteiger partial charge in [0.2, 0.25) is 0 Å². The fourth-order valence-corrected chi connectivity index (χ4v) is 2.94. The molecule has 1 aliphatic rings. The van der Waals surface area contributed by atoms with Gasteiger partial charge in [-0.1, -0.05) is 18.0 Å². The highest BCUT2D eigenvalue weighted by Gasteiger charge is 2.19. The quantitative estimate of drug-likeness (QED) is 0.892. The van der Waals surface area contributed by atoms with Gasteiger partial charge >= 0.3 is 0 Å². The van der Waals surface area contributed by atoms with Gasteiger partial charge in [0.15, 0.2) is 0 Å². The Balaban J connectivity index is 1.96. The van der Waals surface area contributed by atoms with Gasteiger partial charge in [-0.25, -0.2) is 4.98 Å². The van der Waals surface area contributed by atoms with Gasteiger partial charge < -0.3 is 9.88 Å². The SMILES string of the molecule is Clc1cc(-n2cncc2C2CCCCN2)ccc1Br. The van der Waals surface area contributed by atoms with Crippen molar-refractivity contribution in [3.8, 4) is 5.69 Å². The van der Waals surface area contributed by atoms with Crippen LogP contribution < -0.4 is 5.32 Å². The van der Waals surface area contributed by atoms with Crippen LogP contribution in [-0.4, -0.2) is 16.1 Å². The normalized spacial score (nSPS) is 19.6. The molecule has 1 aromatic carbocycles. The molecule has 0 bridgehead atoms. The van der Waals surface area contributed by atoms with E-state index in [1.807, 2.05) is 30.7 Å². The van der Waals surface area contributed by atoms with Crippen molar-refractivity contribution in [2.45, 2.75) is 25.3 Å². The third kappa shape index (κ3) is 2.71. The lowest BCUT2D eigenvalue weighted by Gasteiger charge is -2.24. The minimum Gasteiger partial charge on any atom is -0.309 e. The van der Waals surface area contributed by atoms with Crippen molar-refractivity contribution < 1.29 is 0 Å². The minimum atomic E-state index is 0.388. The summed E-state index contributed by atoms with van der Waals surface area (Å²) in [4.78, 5) is 4.29. The minimum absolute atomic E-state index is 0.388. The Kier molecular flexibility index (Phi) is 3.91. The van der Waals surface area contributed by atoms with Gasteiger partial charge in [-0.2, -0.15) is 0 Å².